The molecule has 1 aliphatic carbocycles. The molecule has 4 heteroatoms. The Morgan fingerprint density at radius 2 is 2.38 bits per heavy atom. The molecule has 4 nitrogen and oxygen atoms in total. The lowest BCUT2D eigenvalue weighted by molar-refractivity contribution is 0.181. The summed E-state index contributed by atoms with van der Waals surface area (Å²) in [5.74, 6) is 0.686. The lowest BCUT2D eigenvalue weighted by Gasteiger charge is -2.21. The van der Waals surface area contributed by atoms with Crippen LogP contribution in [0, 0.1) is 0 Å². The van der Waals surface area contributed by atoms with E-state index >= 15 is 0 Å². The molecule has 1 saturated carbocycles. The average molecular weight is 222 g/mol. The van der Waals surface area contributed by atoms with E-state index in [4.69, 9.17) is 9.84 Å². The van der Waals surface area contributed by atoms with Gasteiger partial charge in [0.15, 0.2) is 0 Å². The van der Waals surface area contributed by atoms with Gasteiger partial charge in [0.1, 0.15) is 0 Å². The lowest BCUT2D eigenvalue weighted by Crippen LogP contribution is -2.28. The summed E-state index contributed by atoms with van der Waals surface area (Å²) in [6.45, 7) is 1.74. The van der Waals surface area contributed by atoms with Crippen LogP contribution in [0.5, 0.6) is 5.88 Å². The van der Waals surface area contributed by atoms with E-state index in [1.54, 1.807) is 13.3 Å². The standard InChI is InChI=1S/C12H18N2O2/c1-16-12-10(3-2-6-13-12)9-14(7-8-15)11-4-5-11/h2-3,6,11,15H,4-5,7-9H2,1H3. The topological polar surface area (TPSA) is 45.6 Å². The molecule has 0 amide bonds. The molecule has 0 unspecified atom stereocenters. The van der Waals surface area contributed by atoms with Gasteiger partial charge in [0.05, 0.1) is 13.7 Å². The zero-order chi connectivity index (χ0) is 11.4. The van der Waals surface area contributed by atoms with E-state index in [0.29, 0.717) is 11.9 Å². The van der Waals surface area contributed by atoms with Gasteiger partial charge in [0.25, 0.3) is 0 Å². The van der Waals surface area contributed by atoms with Gasteiger partial charge in [0, 0.05) is 30.9 Å². The van der Waals surface area contributed by atoms with Crippen molar-refractivity contribution in [3.63, 3.8) is 0 Å². The van der Waals surface area contributed by atoms with Crippen LogP contribution in [0.15, 0.2) is 18.3 Å². The maximum absolute atomic E-state index is 9.03. The molecule has 0 spiro atoms. The van der Waals surface area contributed by atoms with Crippen molar-refractivity contribution < 1.29 is 9.84 Å². The molecule has 0 aliphatic heterocycles. The van der Waals surface area contributed by atoms with E-state index in [-0.39, 0.29) is 6.61 Å². The quantitative estimate of drug-likeness (QED) is 0.781. The SMILES string of the molecule is COc1ncccc1CN(CCO)C1CC1. The van der Waals surface area contributed by atoms with Gasteiger partial charge >= 0.3 is 0 Å². The van der Waals surface area contributed by atoms with Gasteiger partial charge in [-0.2, -0.15) is 0 Å². The third-order valence-electron chi connectivity index (χ3n) is 2.87. The summed E-state index contributed by atoms with van der Waals surface area (Å²) < 4.78 is 5.22. The molecule has 1 aliphatic rings. The normalized spacial score (nSPS) is 15.4. The minimum atomic E-state index is 0.207. The van der Waals surface area contributed by atoms with E-state index in [9.17, 15) is 0 Å². The first-order chi connectivity index (χ1) is 7.85. The van der Waals surface area contributed by atoms with E-state index < -0.39 is 0 Å². The minimum absolute atomic E-state index is 0.207. The Labute approximate surface area is 95.9 Å². The highest BCUT2D eigenvalue weighted by molar-refractivity contribution is 5.25. The smallest absolute Gasteiger partial charge is 0.217 e. The average Bonchev–Trinajstić information content (AvgIpc) is 3.13. The number of aliphatic hydroxyl groups excluding tert-OH is 1. The Morgan fingerprint density at radius 3 is 3.00 bits per heavy atom. The summed E-state index contributed by atoms with van der Waals surface area (Å²) in [6, 6.07) is 4.58. The zero-order valence-electron chi connectivity index (χ0n) is 9.59. The molecule has 1 heterocycles. The molecule has 0 saturated heterocycles. The Balaban J connectivity index is 2.05. The van der Waals surface area contributed by atoms with E-state index in [2.05, 4.69) is 9.88 Å². The summed E-state index contributed by atoms with van der Waals surface area (Å²) >= 11 is 0. The zero-order valence-corrected chi connectivity index (χ0v) is 9.59. The third-order valence-corrected chi connectivity index (χ3v) is 2.87. The van der Waals surface area contributed by atoms with Crippen LogP contribution in [-0.2, 0) is 6.54 Å². The first kappa shape index (κ1) is 11.4. The van der Waals surface area contributed by atoms with Crippen molar-refractivity contribution in [2.75, 3.05) is 20.3 Å². The van der Waals surface area contributed by atoms with Crippen LogP contribution in [0.4, 0.5) is 0 Å². The van der Waals surface area contributed by atoms with E-state index in [1.807, 2.05) is 12.1 Å². The summed E-state index contributed by atoms with van der Waals surface area (Å²) in [7, 11) is 1.64. The van der Waals surface area contributed by atoms with Gasteiger partial charge in [-0.1, -0.05) is 6.07 Å². The number of hydrogen-bond acceptors (Lipinski definition) is 4. The minimum Gasteiger partial charge on any atom is -0.481 e. The molecule has 0 radical (unpaired) electrons. The van der Waals surface area contributed by atoms with Crippen LogP contribution >= 0.6 is 0 Å². The number of nitrogens with zero attached hydrogens (tertiary/aromatic N) is 2. The highest BCUT2D eigenvalue weighted by atomic mass is 16.5. The Morgan fingerprint density at radius 1 is 1.56 bits per heavy atom. The number of aliphatic hydroxyl groups is 1. The van der Waals surface area contributed by atoms with Crippen LogP contribution in [-0.4, -0.2) is 41.3 Å². The number of ether oxygens (including phenoxy) is 1. The molecule has 1 fully saturated rings. The summed E-state index contributed by atoms with van der Waals surface area (Å²) in [4.78, 5) is 6.47. The van der Waals surface area contributed by atoms with Crippen molar-refractivity contribution in [3.05, 3.63) is 23.9 Å². The largest absolute Gasteiger partial charge is 0.481 e. The van der Waals surface area contributed by atoms with Crippen LogP contribution in [0.3, 0.4) is 0 Å². The predicted molar refractivity (Wildman–Crippen MR) is 61.3 cm³/mol. The van der Waals surface area contributed by atoms with Gasteiger partial charge in [-0.25, -0.2) is 4.98 Å². The van der Waals surface area contributed by atoms with Gasteiger partial charge in [-0.15, -0.1) is 0 Å². The Bertz CT molecular complexity index is 340. The number of pyridine rings is 1. The highest BCUT2D eigenvalue weighted by Gasteiger charge is 2.29. The van der Waals surface area contributed by atoms with Crippen molar-refractivity contribution in [1.82, 2.24) is 9.88 Å². The lowest BCUT2D eigenvalue weighted by atomic mass is 10.2. The van der Waals surface area contributed by atoms with Crippen LogP contribution in [0.1, 0.15) is 18.4 Å². The number of rotatable bonds is 6. The Kier molecular flexibility index (Phi) is 3.74. The van der Waals surface area contributed by atoms with Crippen molar-refractivity contribution in [2.24, 2.45) is 0 Å². The fourth-order valence-electron chi connectivity index (χ4n) is 1.91. The van der Waals surface area contributed by atoms with Crippen LogP contribution in [0.25, 0.3) is 0 Å². The van der Waals surface area contributed by atoms with Gasteiger partial charge in [-0.05, 0) is 18.9 Å². The highest BCUT2D eigenvalue weighted by Crippen LogP contribution is 2.29. The second kappa shape index (κ2) is 5.27. The molecule has 1 aromatic heterocycles. The van der Waals surface area contributed by atoms with Gasteiger partial charge in [-0.3, -0.25) is 4.90 Å². The van der Waals surface area contributed by atoms with Gasteiger partial charge < -0.3 is 9.84 Å². The molecule has 1 aromatic rings. The maximum Gasteiger partial charge on any atom is 0.217 e. The molecule has 16 heavy (non-hydrogen) atoms. The maximum atomic E-state index is 9.03. The second-order valence-electron chi connectivity index (χ2n) is 4.10. The molecule has 2 rings (SSSR count). The summed E-state index contributed by atoms with van der Waals surface area (Å²) in [5.41, 5.74) is 1.09. The van der Waals surface area contributed by atoms with E-state index in [0.717, 1.165) is 18.7 Å². The molecular weight excluding hydrogens is 204 g/mol. The molecule has 88 valence electrons. The van der Waals surface area contributed by atoms with Crippen LogP contribution in [0.2, 0.25) is 0 Å². The molecule has 1 N–H and O–H groups in total. The van der Waals surface area contributed by atoms with Crippen molar-refractivity contribution in [1.29, 1.82) is 0 Å². The van der Waals surface area contributed by atoms with Crippen molar-refractivity contribution in [2.45, 2.75) is 25.4 Å². The molecular formula is C12H18N2O2. The number of aromatic nitrogens is 1. The molecule has 0 atom stereocenters. The molecule has 0 bridgehead atoms. The first-order valence-electron chi connectivity index (χ1n) is 5.68. The summed E-state index contributed by atoms with van der Waals surface area (Å²) in [6.07, 6.45) is 4.21. The monoisotopic (exact) mass is 222 g/mol. The van der Waals surface area contributed by atoms with E-state index in [1.165, 1.54) is 12.8 Å². The molecule has 0 aromatic carbocycles. The predicted octanol–water partition coefficient (Wildman–Crippen LogP) is 1.05. The Hall–Kier alpha value is -1.13. The number of methoxy groups -OCH3 is 1. The van der Waals surface area contributed by atoms with Crippen LogP contribution < -0.4 is 4.74 Å². The van der Waals surface area contributed by atoms with Crippen molar-refractivity contribution >= 4 is 0 Å². The summed E-state index contributed by atoms with van der Waals surface area (Å²) in [5, 5.41) is 9.03. The number of hydrogen-bond donors (Lipinski definition) is 1. The first-order valence-corrected chi connectivity index (χ1v) is 5.68. The third kappa shape index (κ3) is 2.71. The fourth-order valence-corrected chi connectivity index (χ4v) is 1.91. The fraction of sp³-hybridized carbons (Fsp3) is 0.583. The second-order valence-corrected chi connectivity index (χ2v) is 4.10. The van der Waals surface area contributed by atoms with Gasteiger partial charge in [0.2, 0.25) is 5.88 Å². The van der Waals surface area contributed by atoms with Crippen molar-refractivity contribution in [3.8, 4) is 5.88 Å².